The lowest BCUT2D eigenvalue weighted by Gasteiger charge is -2.34. The van der Waals surface area contributed by atoms with Gasteiger partial charge in [0.1, 0.15) is 5.75 Å². The van der Waals surface area contributed by atoms with E-state index in [1.54, 1.807) is 17.4 Å². The van der Waals surface area contributed by atoms with Gasteiger partial charge in [-0.05, 0) is 60.4 Å². The molecule has 6 nitrogen and oxygen atoms in total. The lowest BCUT2D eigenvalue weighted by molar-refractivity contribution is 0.192. The summed E-state index contributed by atoms with van der Waals surface area (Å²) in [5.41, 5.74) is 6.82. The number of pyridine rings is 1. The minimum Gasteiger partial charge on any atom is -0.439 e. The number of aromatic nitrogens is 2. The first-order valence-corrected chi connectivity index (χ1v) is 13.2. The molecule has 1 aliphatic rings. The molecular formula is C24H23N3O3S2. The van der Waals surface area contributed by atoms with E-state index in [0.717, 1.165) is 31.3 Å². The van der Waals surface area contributed by atoms with Gasteiger partial charge in [-0.3, -0.25) is 4.90 Å². The Balaban J connectivity index is 1.29. The van der Waals surface area contributed by atoms with Crippen molar-refractivity contribution in [2.24, 2.45) is 0 Å². The fourth-order valence-corrected chi connectivity index (χ4v) is 5.28. The first-order valence-electron chi connectivity index (χ1n) is 10.4. The smallest absolute Gasteiger partial charge is 0.219 e. The molecule has 0 saturated carbocycles. The molecule has 0 fully saturated rings. The highest BCUT2D eigenvalue weighted by Gasteiger charge is 2.22. The number of nitrogens with zero attached hydrogens (tertiary/aromatic N) is 3. The maximum atomic E-state index is 11.6. The SMILES string of the molecule is CC(c1ccc2scnc2c1)N1CCc2cc(Oc3ccc(S(C)(=O)=O)cn3)ccc2C1. The Morgan fingerprint density at radius 1 is 1.06 bits per heavy atom. The fourth-order valence-electron chi connectivity index (χ4n) is 4.06. The van der Waals surface area contributed by atoms with Crippen molar-refractivity contribution < 1.29 is 13.2 Å². The van der Waals surface area contributed by atoms with Crippen LogP contribution in [0, 0.1) is 0 Å². The Hall–Kier alpha value is -2.81. The molecule has 0 aliphatic carbocycles. The van der Waals surface area contributed by atoms with Crippen LogP contribution in [0.25, 0.3) is 10.2 Å². The quantitative estimate of drug-likeness (QED) is 0.413. The monoisotopic (exact) mass is 465 g/mol. The summed E-state index contributed by atoms with van der Waals surface area (Å²) in [6.07, 6.45) is 3.43. The van der Waals surface area contributed by atoms with E-state index in [1.807, 2.05) is 11.6 Å². The van der Waals surface area contributed by atoms with Gasteiger partial charge in [-0.1, -0.05) is 12.1 Å². The third-order valence-corrected chi connectivity index (χ3v) is 7.87. The molecule has 0 spiro atoms. The molecule has 2 aromatic heterocycles. The zero-order chi connectivity index (χ0) is 22.3. The van der Waals surface area contributed by atoms with Gasteiger partial charge in [-0.2, -0.15) is 0 Å². The summed E-state index contributed by atoms with van der Waals surface area (Å²) in [4.78, 5) is 11.2. The van der Waals surface area contributed by atoms with Crippen molar-refractivity contribution in [3.8, 4) is 11.6 Å². The van der Waals surface area contributed by atoms with Crippen LogP contribution in [0.15, 0.2) is 65.1 Å². The second-order valence-corrected chi connectivity index (χ2v) is 11.0. The number of hydrogen-bond acceptors (Lipinski definition) is 7. The topological polar surface area (TPSA) is 72.4 Å². The zero-order valence-electron chi connectivity index (χ0n) is 17.9. The summed E-state index contributed by atoms with van der Waals surface area (Å²) in [7, 11) is -3.27. The minimum atomic E-state index is -3.27. The molecule has 1 atom stereocenters. The molecule has 164 valence electrons. The predicted molar refractivity (Wildman–Crippen MR) is 126 cm³/mol. The van der Waals surface area contributed by atoms with Crippen molar-refractivity contribution in [3.63, 3.8) is 0 Å². The largest absolute Gasteiger partial charge is 0.439 e. The highest BCUT2D eigenvalue weighted by Crippen LogP contribution is 2.32. The molecule has 5 rings (SSSR count). The van der Waals surface area contributed by atoms with Gasteiger partial charge in [0.25, 0.3) is 0 Å². The van der Waals surface area contributed by atoms with Crippen LogP contribution in [0.2, 0.25) is 0 Å². The minimum absolute atomic E-state index is 0.179. The van der Waals surface area contributed by atoms with E-state index in [2.05, 4.69) is 52.1 Å². The van der Waals surface area contributed by atoms with E-state index in [1.165, 1.54) is 33.7 Å². The molecule has 0 amide bonds. The van der Waals surface area contributed by atoms with Crippen LogP contribution in [0.5, 0.6) is 11.6 Å². The highest BCUT2D eigenvalue weighted by molar-refractivity contribution is 7.90. The second-order valence-electron chi connectivity index (χ2n) is 8.11. The van der Waals surface area contributed by atoms with Crippen LogP contribution in [0.4, 0.5) is 0 Å². The van der Waals surface area contributed by atoms with Gasteiger partial charge in [-0.25, -0.2) is 18.4 Å². The standard InChI is InChI=1S/C24H23N3O3S2/c1-16(17-4-7-23-22(12-17)26-15-31-23)27-10-9-18-11-20(5-3-19(18)14-27)30-24-8-6-21(13-25-24)32(2,28)29/h3-8,11-13,15-16H,9-10,14H2,1-2H3. The molecule has 32 heavy (non-hydrogen) atoms. The lowest BCUT2D eigenvalue weighted by atomic mass is 9.96. The Bertz CT molecular complexity index is 1380. The molecule has 4 aromatic rings. The predicted octanol–water partition coefficient (Wildman–Crippen LogP) is 5.01. The van der Waals surface area contributed by atoms with Gasteiger partial charge in [0, 0.05) is 37.7 Å². The Kier molecular flexibility index (Phi) is 5.44. The van der Waals surface area contributed by atoms with Gasteiger partial charge in [0.15, 0.2) is 9.84 Å². The average Bonchev–Trinajstić information content (AvgIpc) is 3.26. The summed E-state index contributed by atoms with van der Waals surface area (Å²) >= 11 is 1.67. The molecule has 0 N–H and O–H groups in total. The molecule has 3 heterocycles. The number of ether oxygens (including phenoxy) is 1. The van der Waals surface area contributed by atoms with Gasteiger partial charge in [0.2, 0.25) is 5.88 Å². The van der Waals surface area contributed by atoms with Crippen molar-refractivity contribution in [2.75, 3.05) is 12.8 Å². The normalized spacial score (nSPS) is 15.4. The molecule has 0 saturated heterocycles. The van der Waals surface area contributed by atoms with Crippen LogP contribution in [0.3, 0.4) is 0 Å². The van der Waals surface area contributed by atoms with Crippen molar-refractivity contribution >= 4 is 31.4 Å². The highest BCUT2D eigenvalue weighted by atomic mass is 32.2. The molecular weight excluding hydrogens is 442 g/mol. The van der Waals surface area contributed by atoms with Gasteiger partial charge < -0.3 is 4.74 Å². The van der Waals surface area contributed by atoms with E-state index < -0.39 is 9.84 Å². The van der Waals surface area contributed by atoms with Crippen molar-refractivity contribution in [3.05, 3.63) is 76.9 Å². The van der Waals surface area contributed by atoms with Crippen molar-refractivity contribution in [1.29, 1.82) is 0 Å². The van der Waals surface area contributed by atoms with Crippen LogP contribution in [0.1, 0.15) is 29.7 Å². The third-order valence-electron chi connectivity index (χ3n) is 5.96. The lowest BCUT2D eigenvalue weighted by Crippen LogP contribution is -2.32. The molecule has 1 unspecified atom stereocenters. The van der Waals surface area contributed by atoms with Crippen LogP contribution in [-0.2, 0) is 22.8 Å². The first kappa shape index (κ1) is 21.1. The van der Waals surface area contributed by atoms with E-state index in [0.29, 0.717) is 17.7 Å². The Morgan fingerprint density at radius 2 is 1.94 bits per heavy atom. The van der Waals surface area contributed by atoms with Gasteiger partial charge in [-0.15, -0.1) is 11.3 Å². The molecule has 8 heteroatoms. The van der Waals surface area contributed by atoms with E-state index in [9.17, 15) is 8.42 Å². The third kappa shape index (κ3) is 4.26. The number of thiazole rings is 1. The zero-order valence-corrected chi connectivity index (χ0v) is 19.5. The summed E-state index contributed by atoms with van der Waals surface area (Å²) < 4.78 is 30.3. The number of sulfone groups is 1. The van der Waals surface area contributed by atoms with E-state index >= 15 is 0 Å². The second kappa shape index (κ2) is 8.27. The van der Waals surface area contributed by atoms with E-state index in [-0.39, 0.29) is 4.90 Å². The molecule has 1 aliphatic heterocycles. The van der Waals surface area contributed by atoms with Gasteiger partial charge >= 0.3 is 0 Å². The van der Waals surface area contributed by atoms with Crippen LogP contribution >= 0.6 is 11.3 Å². The average molecular weight is 466 g/mol. The van der Waals surface area contributed by atoms with Crippen LogP contribution < -0.4 is 4.74 Å². The molecule has 0 bridgehead atoms. The maximum Gasteiger partial charge on any atom is 0.219 e. The van der Waals surface area contributed by atoms with Crippen molar-refractivity contribution in [2.45, 2.75) is 30.8 Å². The van der Waals surface area contributed by atoms with E-state index in [4.69, 9.17) is 4.74 Å². The Labute approximate surface area is 191 Å². The Morgan fingerprint density at radius 3 is 2.72 bits per heavy atom. The molecule has 2 aromatic carbocycles. The summed E-state index contributed by atoms with van der Waals surface area (Å²) in [6, 6.07) is 16.1. The summed E-state index contributed by atoms with van der Waals surface area (Å²) in [5.74, 6) is 1.08. The maximum absolute atomic E-state index is 11.6. The van der Waals surface area contributed by atoms with Crippen LogP contribution in [-0.4, -0.2) is 36.1 Å². The summed E-state index contributed by atoms with van der Waals surface area (Å²) in [6.45, 7) is 4.10. The number of hydrogen-bond donors (Lipinski definition) is 0. The first-order chi connectivity index (χ1) is 15.4. The van der Waals surface area contributed by atoms with Crippen molar-refractivity contribution in [1.82, 2.24) is 14.9 Å². The number of rotatable bonds is 5. The number of benzene rings is 2. The molecule has 0 radical (unpaired) electrons. The summed E-state index contributed by atoms with van der Waals surface area (Å²) in [5, 5.41) is 0. The number of fused-ring (bicyclic) bond motifs is 2. The fraction of sp³-hybridized carbons (Fsp3) is 0.250. The van der Waals surface area contributed by atoms with Gasteiger partial charge in [0.05, 0.1) is 20.6 Å².